The first-order valence-corrected chi connectivity index (χ1v) is 4.64. The van der Waals surface area contributed by atoms with Gasteiger partial charge in [-0.3, -0.25) is 0 Å². The lowest BCUT2D eigenvalue weighted by atomic mass is 10.1. The quantitative estimate of drug-likeness (QED) is 0.863. The van der Waals surface area contributed by atoms with Gasteiger partial charge in [-0.05, 0) is 0 Å². The predicted octanol–water partition coefficient (Wildman–Crippen LogP) is 1.83. The zero-order valence-corrected chi connectivity index (χ0v) is 8.48. The van der Waals surface area contributed by atoms with Gasteiger partial charge in [-0.2, -0.15) is 4.68 Å². The molecule has 1 unspecified atom stereocenters. The minimum absolute atomic E-state index is 0.0336. The number of alkyl halides is 2. The fraction of sp³-hybridized carbons (Fsp3) is 0.556. The first-order chi connectivity index (χ1) is 7.34. The maximum atomic E-state index is 12.8. The zero-order chi connectivity index (χ0) is 12.0. The van der Waals surface area contributed by atoms with Crippen LogP contribution in [0.5, 0.6) is 5.88 Å². The van der Waals surface area contributed by atoms with Crippen molar-refractivity contribution in [3.05, 3.63) is 12.3 Å². The molecule has 1 aromatic rings. The molecule has 2 rings (SSSR count). The Morgan fingerprint density at radius 2 is 2.38 bits per heavy atom. The van der Waals surface area contributed by atoms with E-state index in [1.54, 1.807) is 0 Å². The molecule has 0 aliphatic heterocycles. The number of hydrogen-bond donors (Lipinski definition) is 1. The van der Waals surface area contributed by atoms with Crippen molar-refractivity contribution >= 4 is 6.09 Å². The molecular formula is C9H10F2N2O3. The summed E-state index contributed by atoms with van der Waals surface area (Å²) in [5, 5.41) is 12.1. The third-order valence-corrected chi connectivity index (χ3v) is 2.67. The number of rotatable bonds is 3. The standard InChI is InChI=1S/C9H10F2N2O3/c1-8(4-9(8,10)11)5-16-6-2-3-13(12-6)7(14)15/h2-3H,4-5H2,1H3,(H,14,15). The Morgan fingerprint density at radius 3 is 2.81 bits per heavy atom. The molecule has 1 aromatic heterocycles. The number of carbonyl (C=O) groups is 1. The molecule has 1 N–H and O–H groups in total. The van der Waals surface area contributed by atoms with Crippen LogP contribution in [-0.2, 0) is 0 Å². The van der Waals surface area contributed by atoms with Gasteiger partial charge in [-0.15, -0.1) is 5.10 Å². The topological polar surface area (TPSA) is 64.3 Å². The molecule has 16 heavy (non-hydrogen) atoms. The van der Waals surface area contributed by atoms with Crippen molar-refractivity contribution < 1.29 is 23.4 Å². The fourth-order valence-electron chi connectivity index (χ4n) is 1.33. The maximum Gasteiger partial charge on any atom is 0.432 e. The Hall–Kier alpha value is -1.66. The Labute approximate surface area is 89.6 Å². The van der Waals surface area contributed by atoms with Crippen LogP contribution in [0.1, 0.15) is 13.3 Å². The minimum atomic E-state index is -2.69. The van der Waals surface area contributed by atoms with Crippen LogP contribution in [0.3, 0.4) is 0 Å². The average molecular weight is 232 g/mol. The van der Waals surface area contributed by atoms with Crippen molar-refractivity contribution in [1.82, 2.24) is 9.78 Å². The van der Waals surface area contributed by atoms with E-state index >= 15 is 0 Å². The number of hydrogen-bond acceptors (Lipinski definition) is 3. The zero-order valence-electron chi connectivity index (χ0n) is 8.48. The molecule has 88 valence electrons. The third kappa shape index (κ3) is 1.72. The van der Waals surface area contributed by atoms with E-state index in [2.05, 4.69) is 5.10 Å². The lowest BCUT2D eigenvalue weighted by molar-refractivity contribution is 0.0489. The van der Waals surface area contributed by atoms with E-state index in [1.165, 1.54) is 19.2 Å². The van der Waals surface area contributed by atoms with Crippen LogP contribution >= 0.6 is 0 Å². The van der Waals surface area contributed by atoms with Gasteiger partial charge in [0.1, 0.15) is 6.61 Å². The summed E-state index contributed by atoms with van der Waals surface area (Å²) in [5.74, 6) is -2.66. The van der Waals surface area contributed by atoms with Gasteiger partial charge in [0.25, 0.3) is 5.92 Å². The number of ether oxygens (including phenoxy) is 1. The summed E-state index contributed by atoms with van der Waals surface area (Å²) in [4.78, 5) is 10.5. The van der Waals surface area contributed by atoms with Crippen LogP contribution in [0.25, 0.3) is 0 Å². The summed E-state index contributed by atoms with van der Waals surface area (Å²) in [7, 11) is 0. The van der Waals surface area contributed by atoms with Gasteiger partial charge in [0.15, 0.2) is 0 Å². The van der Waals surface area contributed by atoms with E-state index in [4.69, 9.17) is 9.84 Å². The molecule has 1 fully saturated rings. The number of carboxylic acid groups (broad SMARTS) is 1. The molecule has 7 heteroatoms. The summed E-state index contributed by atoms with van der Waals surface area (Å²) in [6.07, 6.45) is -0.275. The molecule has 0 radical (unpaired) electrons. The largest absolute Gasteiger partial charge is 0.476 e. The number of nitrogens with zero attached hydrogens (tertiary/aromatic N) is 2. The lowest BCUT2D eigenvalue weighted by Crippen LogP contribution is -2.17. The van der Waals surface area contributed by atoms with Crippen LogP contribution in [0, 0.1) is 5.41 Å². The summed E-state index contributed by atoms with van der Waals surface area (Å²) in [5.41, 5.74) is -1.15. The van der Waals surface area contributed by atoms with Crippen molar-refractivity contribution in [1.29, 1.82) is 0 Å². The Morgan fingerprint density at radius 1 is 1.75 bits per heavy atom. The van der Waals surface area contributed by atoms with Crippen molar-refractivity contribution in [2.24, 2.45) is 5.41 Å². The molecule has 1 aliphatic rings. The molecule has 0 amide bonds. The molecule has 1 heterocycles. The highest BCUT2D eigenvalue weighted by atomic mass is 19.3. The van der Waals surface area contributed by atoms with Crippen LogP contribution in [-0.4, -0.2) is 33.5 Å². The van der Waals surface area contributed by atoms with E-state index in [-0.39, 0.29) is 18.9 Å². The maximum absolute atomic E-state index is 12.8. The molecule has 1 atom stereocenters. The molecule has 0 bridgehead atoms. The Kier molecular flexibility index (Phi) is 2.14. The van der Waals surface area contributed by atoms with E-state index in [0.29, 0.717) is 4.68 Å². The second-order valence-electron chi connectivity index (χ2n) is 4.11. The first kappa shape index (κ1) is 10.8. The molecule has 1 saturated carbocycles. The normalized spacial score (nSPS) is 26.4. The van der Waals surface area contributed by atoms with Crippen molar-refractivity contribution in [3.8, 4) is 5.88 Å². The van der Waals surface area contributed by atoms with Gasteiger partial charge in [-0.25, -0.2) is 13.6 Å². The van der Waals surface area contributed by atoms with E-state index < -0.39 is 17.4 Å². The highest BCUT2D eigenvalue weighted by Crippen LogP contribution is 2.60. The van der Waals surface area contributed by atoms with Gasteiger partial charge < -0.3 is 9.84 Å². The van der Waals surface area contributed by atoms with Crippen LogP contribution in [0.2, 0.25) is 0 Å². The minimum Gasteiger partial charge on any atom is -0.476 e. The van der Waals surface area contributed by atoms with E-state index in [0.717, 1.165) is 0 Å². The lowest BCUT2D eigenvalue weighted by Gasteiger charge is -2.09. The molecule has 0 aromatic carbocycles. The summed E-state index contributed by atoms with van der Waals surface area (Å²) in [6.45, 7) is 1.25. The summed E-state index contributed by atoms with van der Waals surface area (Å²) < 4.78 is 31.3. The van der Waals surface area contributed by atoms with Gasteiger partial charge >= 0.3 is 6.09 Å². The summed E-state index contributed by atoms with van der Waals surface area (Å²) in [6, 6.07) is 1.32. The van der Waals surface area contributed by atoms with E-state index in [1.807, 2.05) is 0 Å². The second kappa shape index (κ2) is 3.16. The summed E-state index contributed by atoms with van der Waals surface area (Å²) >= 11 is 0. The molecule has 0 saturated heterocycles. The van der Waals surface area contributed by atoms with Crippen LogP contribution < -0.4 is 4.74 Å². The van der Waals surface area contributed by atoms with Crippen LogP contribution in [0.4, 0.5) is 13.6 Å². The van der Waals surface area contributed by atoms with Gasteiger partial charge in [0, 0.05) is 18.7 Å². The molecule has 0 spiro atoms. The molecular weight excluding hydrogens is 222 g/mol. The second-order valence-corrected chi connectivity index (χ2v) is 4.11. The van der Waals surface area contributed by atoms with Gasteiger partial charge in [0.2, 0.25) is 5.88 Å². The van der Waals surface area contributed by atoms with Crippen LogP contribution in [0.15, 0.2) is 12.3 Å². The SMILES string of the molecule is CC1(COc2ccn(C(=O)O)n2)CC1(F)F. The van der Waals surface area contributed by atoms with Crippen molar-refractivity contribution in [3.63, 3.8) is 0 Å². The monoisotopic (exact) mass is 232 g/mol. The van der Waals surface area contributed by atoms with E-state index in [9.17, 15) is 13.6 Å². The highest BCUT2D eigenvalue weighted by molar-refractivity contribution is 5.66. The predicted molar refractivity (Wildman–Crippen MR) is 48.8 cm³/mol. The number of halogens is 2. The van der Waals surface area contributed by atoms with Gasteiger partial charge in [0.05, 0.1) is 5.41 Å². The van der Waals surface area contributed by atoms with Crippen molar-refractivity contribution in [2.45, 2.75) is 19.3 Å². The Balaban J connectivity index is 1.93. The first-order valence-electron chi connectivity index (χ1n) is 4.64. The smallest absolute Gasteiger partial charge is 0.432 e. The Bertz CT molecular complexity index is 432. The van der Waals surface area contributed by atoms with Gasteiger partial charge in [-0.1, -0.05) is 6.92 Å². The highest BCUT2D eigenvalue weighted by Gasteiger charge is 2.68. The number of aromatic nitrogens is 2. The van der Waals surface area contributed by atoms with Crippen molar-refractivity contribution in [2.75, 3.05) is 6.61 Å². The fourth-order valence-corrected chi connectivity index (χ4v) is 1.33. The average Bonchev–Trinajstić information content (AvgIpc) is 2.59. The molecule has 5 nitrogen and oxygen atoms in total. The molecule has 1 aliphatic carbocycles. The third-order valence-electron chi connectivity index (χ3n) is 2.67.